The number of methoxy groups -OCH3 is 3. The number of nitrogens with zero attached hydrogens (tertiary/aromatic N) is 5. The summed E-state index contributed by atoms with van der Waals surface area (Å²) in [6, 6.07) is 37.9. The zero-order valence-corrected chi connectivity index (χ0v) is 45.1. The summed E-state index contributed by atoms with van der Waals surface area (Å²) >= 11 is 0.974. The SMILES string of the molecule is COC(=O)[C@H](Cc1ccc(OCCOS(=O)(=O)c2ccccc2[N+](=O)[O-])cc1)NC(=O)[C@H](C(C)C)n1cc(COc2ccc3nc(S(=O)(=O)NC(c4ccccc4)(c4ccc(OC)cc4)c4ccc(OC)cc4)sc3c2)nn1. The second-order valence-corrected chi connectivity index (χ2v) is 22.2. The second kappa shape index (κ2) is 24.4. The number of thiazole rings is 1. The maximum absolute atomic E-state index is 14.7. The number of aromatic nitrogens is 4. The van der Waals surface area contributed by atoms with E-state index in [1.54, 1.807) is 87.1 Å². The lowest BCUT2D eigenvalue weighted by Crippen LogP contribution is -2.47. The van der Waals surface area contributed by atoms with Gasteiger partial charge in [0, 0.05) is 12.5 Å². The Hall–Kier alpha value is -8.29. The van der Waals surface area contributed by atoms with Gasteiger partial charge < -0.3 is 29.0 Å². The zero-order valence-electron chi connectivity index (χ0n) is 42.7. The number of para-hydroxylation sites is 1. The van der Waals surface area contributed by atoms with E-state index in [1.165, 1.54) is 23.9 Å². The maximum Gasteiger partial charge on any atom is 0.328 e. The third-order valence-electron chi connectivity index (χ3n) is 12.3. The monoisotopic (exact) mass is 1120 g/mol. The molecule has 6 aromatic carbocycles. The summed E-state index contributed by atoms with van der Waals surface area (Å²) < 4.78 is 92.0. The van der Waals surface area contributed by atoms with Crippen molar-refractivity contribution in [2.45, 2.75) is 53.7 Å². The van der Waals surface area contributed by atoms with Gasteiger partial charge in [-0.2, -0.15) is 13.1 Å². The second-order valence-electron chi connectivity index (χ2n) is 17.7. The molecule has 24 heteroatoms. The molecule has 8 rings (SSSR count). The fraction of sp³-hybridized carbons (Fsp3) is 0.241. The molecule has 78 heavy (non-hydrogen) atoms. The molecule has 0 aliphatic heterocycles. The Morgan fingerprint density at radius 2 is 1.35 bits per heavy atom. The van der Waals surface area contributed by atoms with E-state index >= 15 is 0 Å². The molecule has 0 saturated carbocycles. The number of hydrogen-bond acceptors (Lipinski definition) is 18. The highest BCUT2D eigenvalue weighted by molar-refractivity contribution is 7.91. The molecule has 21 nitrogen and oxygen atoms in total. The van der Waals surface area contributed by atoms with Gasteiger partial charge in [0.05, 0.1) is 42.7 Å². The molecule has 1 amide bonds. The summed E-state index contributed by atoms with van der Waals surface area (Å²) in [7, 11) is -4.47. The van der Waals surface area contributed by atoms with Gasteiger partial charge in [-0.15, -0.1) is 16.4 Å². The minimum atomic E-state index is -4.44. The first-order valence-corrected chi connectivity index (χ1v) is 27.7. The standard InChI is InChI=1S/C54H53N7O14S3/c1-35(2)50(51(62)55-46(52(63)72-5)31-36-15-21-43(22-16-36)73-29-30-75-78(68,69)49-14-10-9-13-47(49)61(64)65)60-33-40(57-59-60)34-74-44-27-28-45-48(32-44)76-53(56-45)77(66,67)58-54(37-11-7-6-8-12-37,38-17-23-41(70-3)24-18-38)39-19-25-42(71-4)26-20-39/h6-28,32-33,35,46,50,58H,29-31,34H2,1-5H3,(H,55,62)/t46-,50-/m0/s1. The maximum atomic E-state index is 14.7. The first-order chi connectivity index (χ1) is 37.4. The number of sulfonamides is 1. The van der Waals surface area contributed by atoms with Crippen LogP contribution in [0.3, 0.4) is 0 Å². The number of nitro benzene ring substituents is 1. The summed E-state index contributed by atoms with van der Waals surface area (Å²) in [6.07, 6.45) is 1.60. The van der Waals surface area contributed by atoms with Crippen molar-refractivity contribution in [1.29, 1.82) is 0 Å². The van der Waals surface area contributed by atoms with Gasteiger partial charge in [0.15, 0.2) is 4.90 Å². The van der Waals surface area contributed by atoms with Crippen LogP contribution in [0.4, 0.5) is 5.69 Å². The first kappa shape index (κ1) is 55.9. The molecule has 2 atom stereocenters. The Bertz CT molecular complexity index is 3570. The highest BCUT2D eigenvalue weighted by Gasteiger charge is 2.42. The van der Waals surface area contributed by atoms with Crippen LogP contribution < -0.4 is 29.0 Å². The summed E-state index contributed by atoms with van der Waals surface area (Å²) in [5, 5.41) is 22.6. The van der Waals surface area contributed by atoms with E-state index in [0.29, 0.717) is 61.2 Å². The number of fused-ring (bicyclic) bond motifs is 1. The van der Waals surface area contributed by atoms with Gasteiger partial charge in [0.25, 0.3) is 15.7 Å². The van der Waals surface area contributed by atoms with Gasteiger partial charge in [0.1, 0.15) is 66.1 Å². The van der Waals surface area contributed by atoms with Crippen molar-refractivity contribution in [2.24, 2.45) is 5.92 Å². The fourth-order valence-electron chi connectivity index (χ4n) is 8.52. The number of carbonyl (C=O) groups excluding carboxylic acids is 2. The van der Waals surface area contributed by atoms with E-state index in [1.807, 2.05) is 68.4 Å². The Kier molecular flexibility index (Phi) is 17.5. The third-order valence-corrected chi connectivity index (χ3v) is 16.5. The number of hydrogen-bond donors (Lipinski definition) is 2. The number of ether oxygens (including phenoxy) is 5. The minimum absolute atomic E-state index is 0.0348. The van der Waals surface area contributed by atoms with Crippen LogP contribution in [0.5, 0.6) is 23.0 Å². The summed E-state index contributed by atoms with van der Waals surface area (Å²) in [5.74, 6) is 0.375. The fourth-order valence-corrected chi connectivity index (χ4v) is 12.2. The number of amides is 1. The van der Waals surface area contributed by atoms with Crippen molar-refractivity contribution < 1.29 is 59.2 Å². The molecule has 0 unspecified atom stereocenters. The van der Waals surface area contributed by atoms with Crippen molar-refractivity contribution in [3.05, 3.63) is 190 Å². The Morgan fingerprint density at radius 1 is 0.744 bits per heavy atom. The van der Waals surface area contributed by atoms with E-state index in [-0.39, 0.29) is 29.9 Å². The van der Waals surface area contributed by atoms with Crippen LogP contribution in [0.25, 0.3) is 10.2 Å². The van der Waals surface area contributed by atoms with Crippen molar-refractivity contribution in [2.75, 3.05) is 34.5 Å². The van der Waals surface area contributed by atoms with E-state index in [4.69, 9.17) is 27.9 Å². The highest BCUT2D eigenvalue weighted by Crippen LogP contribution is 2.41. The molecule has 2 N–H and O–H groups in total. The van der Waals surface area contributed by atoms with E-state index < -0.39 is 71.8 Å². The topological polar surface area (TPSA) is 269 Å². The molecule has 2 heterocycles. The van der Waals surface area contributed by atoms with Gasteiger partial charge in [0.2, 0.25) is 10.2 Å². The van der Waals surface area contributed by atoms with Gasteiger partial charge in [-0.1, -0.05) is 97.9 Å². The Labute approximate surface area is 453 Å². The lowest BCUT2D eigenvalue weighted by molar-refractivity contribution is -0.387. The highest BCUT2D eigenvalue weighted by atomic mass is 32.2. The molecule has 8 aromatic rings. The van der Waals surface area contributed by atoms with Gasteiger partial charge in [-0.25, -0.2) is 22.9 Å². The summed E-state index contributed by atoms with van der Waals surface area (Å²) in [6.45, 7) is 2.92. The number of carbonyl (C=O) groups is 2. The van der Waals surface area contributed by atoms with Crippen LogP contribution >= 0.6 is 11.3 Å². The third kappa shape index (κ3) is 12.8. The molecular formula is C54H53N7O14S3. The van der Waals surface area contributed by atoms with Crippen LogP contribution in [0.1, 0.15) is 47.8 Å². The molecule has 0 spiro atoms. The summed E-state index contributed by atoms with van der Waals surface area (Å²) in [5.41, 5.74) is 1.29. The average Bonchev–Trinajstić information content (AvgIpc) is 4.11. The van der Waals surface area contributed by atoms with Gasteiger partial charge in [-0.05, 0) is 88.8 Å². The molecule has 0 bridgehead atoms. The number of nitrogens with one attached hydrogen (secondary N) is 2. The molecule has 0 saturated heterocycles. The number of nitro groups is 1. The number of esters is 1. The zero-order chi connectivity index (χ0) is 55.6. The molecule has 2 aromatic heterocycles. The number of rotatable bonds is 25. The predicted octanol–water partition coefficient (Wildman–Crippen LogP) is 7.54. The Morgan fingerprint density at radius 3 is 1.96 bits per heavy atom. The average molecular weight is 1120 g/mol. The summed E-state index contributed by atoms with van der Waals surface area (Å²) in [4.78, 5) is 41.4. The van der Waals surface area contributed by atoms with Crippen LogP contribution in [-0.4, -0.2) is 94.2 Å². The van der Waals surface area contributed by atoms with Crippen LogP contribution in [0.2, 0.25) is 0 Å². The molecule has 0 aliphatic rings. The number of benzene rings is 6. The minimum Gasteiger partial charge on any atom is -0.497 e. The van der Waals surface area contributed by atoms with Crippen molar-refractivity contribution in [3.63, 3.8) is 0 Å². The van der Waals surface area contributed by atoms with E-state index in [2.05, 4.69) is 25.3 Å². The molecule has 406 valence electrons. The van der Waals surface area contributed by atoms with Crippen molar-refractivity contribution in [3.8, 4) is 23.0 Å². The van der Waals surface area contributed by atoms with Crippen LogP contribution in [0, 0.1) is 16.0 Å². The smallest absolute Gasteiger partial charge is 0.328 e. The van der Waals surface area contributed by atoms with Gasteiger partial charge in [-0.3, -0.25) is 19.1 Å². The predicted molar refractivity (Wildman–Crippen MR) is 286 cm³/mol. The lowest BCUT2D eigenvalue weighted by Gasteiger charge is -2.36. The molecule has 0 fully saturated rings. The van der Waals surface area contributed by atoms with Crippen molar-refractivity contribution >= 4 is 59.3 Å². The van der Waals surface area contributed by atoms with Crippen LogP contribution in [0.15, 0.2) is 161 Å². The Balaban J connectivity index is 0.915. The molecule has 0 aliphatic carbocycles. The van der Waals surface area contributed by atoms with Gasteiger partial charge >= 0.3 is 16.1 Å². The van der Waals surface area contributed by atoms with E-state index in [0.717, 1.165) is 23.5 Å². The largest absolute Gasteiger partial charge is 0.497 e. The molecular weight excluding hydrogens is 1070 g/mol. The first-order valence-electron chi connectivity index (χ1n) is 24.0. The molecule has 0 radical (unpaired) electrons. The van der Waals surface area contributed by atoms with E-state index in [9.17, 15) is 36.5 Å². The normalized spacial score (nSPS) is 12.6. The lowest BCUT2D eigenvalue weighted by atomic mass is 9.78. The van der Waals surface area contributed by atoms with Crippen molar-refractivity contribution in [1.82, 2.24) is 30.0 Å². The van der Waals surface area contributed by atoms with Crippen LogP contribution in [-0.2, 0) is 57.2 Å². The quantitative estimate of drug-likeness (QED) is 0.0140.